The molecule has 0 spiro atoms. The van der Waals surface area contributed by atoms with Crippen LogP contribution in [0.25, 0.3) is 10.9 Å². The quantitative estimate of drug-likeness (QED) is 0.485. The number of anilines is 1. The Morgan fingerprint density at radius 2 is 1.94 bits per heavy atom. The van der Waals surface area contributed by atoms with Gasteiger partial charge in [0.1, 0.15) is 11.8 Å². The third-order valence-electron chi connectivity index (χ3n) is 7.29. The van der Waals surface area contributed by atoms with Crippen LogP contribution in [0.5, 0.6) is 5.75 Å². The van der Waals surface area contributed by atoms with Crippen LogP contribution >= 0.6 is 0 Å². The average molecular weight is 457 g/mol. The molecule has 2 aliphatic rings. The molecule has 0 saturated heterocycles. The van der Waals surface area contributed by atoms with Gasteiger partial charge in [-0.1, -0.05) is 37.5 Å². The van der Waals surface area contributed by atoms with E-state index in [-0.39, 0.29) is 17.6 Å². The first-order chi connectivity index (χ1) is 16.7. The van der Waals surface area contributed by atoms with Gasteiger partial charge in [0.15, 0.2) is 5.82 Å². The fraction of sp³-hybridized carbons (Fsp3) is 0.385. The largest absolute Gasteiger partial charge is 0.497 e. The zero-order valence-electron chi connectivity index (χ0n) is 19.3. The number of ether oxygens (including phenoxy) is 1. The number of para-hydroxylation sites is 1. The molecule has 8 nitrogen and oxygen atoms in total. The van der Waals surface area contributed by atoms with Crippen LogP contribution in [0.2, 0.25) is 0 Å². The summed E-state index contributed by atoms with van der Waals surface area (Å²) in [5, 5.41) is 14.0. The number of benzene rings is 2. The molecule has 2 aromatic carbocycles. The zero-order chi connectivity index (χ0) is 23.1. The van der Waals surface area contributed by atoms with Gasteiger partial charge in [0.2, 0.25) is 0 Å². The van der Waals surface area contributed by atoms with Crippen molar-refractivity contribution >= 4 is 16.6 Å². The predicted molar refractivity (Wildman–Crippen MR) is 130 cm³/mol. The van der Waals surface area contributed by atoms with Gasteiger partial charge in [-0.05, 0) is 65.6 Å². The molecule has 34 heavy (non-hydrogen) atoms. The third kappa shape index (κ3) is 3.54. The highest BCUT2D eigenvalue weighted by Gasteiger charge is 2.35. The molecule has 1 N–H and O–H groups in total. The molecule has 6 rings (SSSR count). The fourth-order valence-corrected chi connectivity index (χ4v) is 5.58. The highest BCUT2D eigenvalue weighted by atomic mass is 16.5. The molecule has 8 heteroatoms. The Balaban J connectivity index is 1.54. The molecule has 0 radical (unpaired) electrons. The van der Waals surface area contributed by atoms with Gasteiger partial charge in [0.25, 0.3) is 5.56 Å². The van der Waals surface area contributed by atoms with Crippen molar-refractivity contribution in [2.24, 2.45) is 0 Å². The molecular weight excluding hydrogens is 428 g/mol. The highest BCUT2D eigenvalue weighted by Crippen LogP contribution is 2.39. The second kappa shape index (κ2) is 8.59. The highest BCUT2D eigenvalue weighted by molar-refractivity contribution is 5.81. The third-order valence-corrected chi connectivity index (χ3v) is 7.29. The number of aromatic amines is 1. The molecule has 4 aromatic rings. The van der Waals surface area contributed by atoms with E-state index in [0.29, 0.717) is 5.56 Å². The summed E-state index contributed by atoms with van der Waals surface area (Å²) in [6, 6.07) is 15.9. The van der Waals surface area contributed by atoms with Crippen LogP contribution < -0.4 is 15.2 Å². The van der Waals surface area contributed by atoms with E-state index < -0.39 is 0 Å². The van der Waals surface area contributed by atoms with E-state index in [1.165, 1.54) is 24.8 Å². The predicted octanol–water partition coefficient (Wildman–Crippen LogP) is 4.18. The number of pyridine rings is 1. The number of rotatable bonds is 5. The lowest BCUT2D eigenvalue weighted by Gasteiger charge is -2.31. The molecule has 1 unspecified atom stereocenters. The number of hydrogen-bond donors (Lipinski definition) is 1. The summed E-state index contributed by atoms with van der Waals surface area (Å²) >= 11 is 0. The fourth-order valence-electron chi connectivity index (χ4n) is 5.58. The van der Waals surface area contributed by atoms with Gasteiger partial charge < -0.3 is 14.6 Å². The number of H-pyrrole nitrogens is 1. The van der Waals surface area contributed by atoms with Crippen molar-refractivity contribution in [3.63, 3.8) is 0 Å². The van der Waals surface area contributed by atoms with Crippen LogP contribution in [0.4, 0.5) is 5.69 Å². The Morgan fingerprint density at radius 3 is 2.79 bits per heavy atom. The number of nitrogens with one attached hydrogen (secondary N) is 1. The van der Waals surface area contributed by atoms with Gasteiger partial charge in [-0.3, -0.25) is 4.79 Å². The van der Waals surface area contributed by atoms with E-state index in [0.717, 1.165) is 54.0 Å². The maximum Gasteiger partial charge on any atom is 0.254 e. The molecule has 1 atom stereocenters. The molecular formula is C26H28N6O2. The first kappa shape index (κ1) is 20.9. The minimum atomic E-state index is -0.389. The van der Waals surface area contributed by atoms with Crippen LogP contribution in [0, 0.1) is 0 Å². The van der Waals surface area contributed by atoms with Crippen LogP contribution in [0.1, 0.15) is 61.1 Å². The monoisotopic (exact) mass is 456 g/mol. The van der Waals surface area contributed by atoms with Crippen LogP contribution in [-0.2, 0) is 6.42 Å². The Labute approximate surface area is 197 Å². The number of nitrogens with zero attached hydrogens (tertiary/aromatic N) is 5. The van der Waals surface area contributed by atoms with Crippen molar-refractivity contribution in [3.05, 3.63) is 75.8 Å². The summed E-state index contributed by atoms with van der Waals surface area (Å²) in [6.45, 7) is 0.803. The number of tetrazole rings is 1. The molecule has 1 aliphatic heterocycles. The van der Waals surface area contributed by atoms with Crippen molar-refractivity contribution < 1.29 is 4.74 Å². The second-order valence-corrected chi connectivity index (χ2v) is 9.26. The maximum absolute atomic E-state index is 13.5. The molecule has 0 amide bonds. The first-order valence-corrected chi connectivity index (χ1v) is 12.1. The van der Waals surface area contributed by atoms with E-state index in [1.54, 1.807) is 7.11 Å². The molecule has 1 aliphatic carbocycles. The number of methoxy groups -OCH3 is 1. The normalized spacial score (nSPS) is 17.1. The molecule has 3 heterocycles. The van der Waals surface area contributed by atoms with Crippen molar-refractivity contribution in [1.82, 2.24) is 25.2 Å². The lowest BCUT2D eigenvalue weighted by molar-refractivity contribution is 0.313. The zero-order valence-corrected chi connectivity index (χ0v) is 19.3. The summed E-state index contributed by atoms with van der Waals surface area (Å²) in [5.41, 5.74) is 3.72. The average Bonchev–Trinajstić information content (AvgIpc) is 3.53. The van der Waals surface area contributed by atoms with Crippen LogP contribution in [0.15, 0.2) is 53.3 Å². The summed E-state index contributed by atoms with van der Waals surface area (Å²) in [5.74, 6) is 1.48. The van der Waals surface area contributed by atoms with Gasteiger partial charge >= 0.3 is 0 Å². The Morgan fingerprint density at radius 1 is 1.09 bits per heavy atom. The second-order valence-electron chi connectivity index (χ2n) is 9.26. The van der Waals surface area contributed by atoms with Crippen molar-refractivity contribution in [3.8, 4) is 5.75 Å². The molecule has 0 bridgehead atoms. The molecule has 174 valence electrons. The van der Waals surface area contributed by atoms with E-state index in [9.17, 15) is 4.79 Å². The van der Waals surface area contributed by atoms with Gasteiger partial charge in [-0.15, -0.1) is 5.10 Å². The molecule has 1 fully saturated rings. The van der Waals surface area contributed by atoms with Crippen molar-refractivity contribution in [2.75, 3.05) is 18.6 Å². The van der Waals surface area contributed by atoms with E-state index >= 15 is 0 Å². The lowest BCUT2D eigenvalue weighted by Crippen LogP contribution is -2.35. The summed E-state index contributed by atoms with van der Waals surface area (Å²) < 4.78 is 7.42. The molecule has 2 aromatic heterocycles. The standard InChI is InChI=1S/C26H28N6O2/c1-34-20-11-12-22-18(15-20)16-21(26(33)27-22)24(31-14-13-17-7-5-6-10-23(17)31)25-28-29-30-32(25)19-8-3-2-4-9-19/h5-7,10-12,15-16,19,24H,2-4,8-9,13-14H2,1H3,(H,27,33). The summed E-state index contributed by atoms with van der Waals surface area (Å²) in [4.78, 5) is 18.9. The maximum atomic E-state index is 13.5. The molecule has 1 saturated carbocycles. The lowest BCUT2D eigenvalue weighted by atomic mass is 9.95. The van der Waals surface area contributed by atoms with Gasteiger partial charge in [0.05, 0.1) is 13.2 Å². The summed E-state index contributed by atoms with van der Waals surface area (Å²) in [7, 11) is 1.65. The van der Waals surface area contributed by atoms with Crippen molar-refractivity contribution in [1.29, 1.82) is 0 Å². The van der Waals surface area contributed by atoms with Gasteiger partial charge in [-0.25, -0.2) is 4.68 Å². The van der Waals surface area contributed by atoms with Gasteiger partial charge in [-0.2, -0.15) is 0 Å². The Bertz CT molecular complexity index is 1390. The minimum Gasteiger partial charge on any atom is -0.497 e. The van der Waals surface area contributed by atoms with E-state index in [1.807, 2.05) is 35.0 Å². The Hall–Kier alpha value is -3.68. The van der Waals surface area contributed by atoms with Crippen molar-refractivity contribution in [2.45, 2.75) is 50.6 Å². The topological polar surface area (TPSA) is 88.9 Å². The number of hydrogen-bond acceptors (Lipinski definition) is 6. The minimum absolute atomic E-state index is 0.120. The van der Waals surface area contributed by atoms with E-state index in [2.05, 4.69) is 43.6 Å². The first-order valence-electron chi connectivity index (χ1n) is 12.1. The van der Waals surface area contributed by atoms with Crippen LogP contribution in [-0.4, -0.2) is 38.8 Å². The van der Waals surface area contributed by atoms with Crippen LogP contribution in [0.3, 0.4) is 0 Å². The summed E-state index contributed by atoms with van der Waals surface area (Å²) in [6.07, 6.45) is 6.66. The Kier molecular flexibility index (Phi) is 5.28. The number of fused-ring (bicyclic) bond motifs is 2. The number of aromatic nitrogens is 5. The van der Waals surface area contributed by atoms with Gasteiger partial charge in [0, 0.05) is 28.7 Å². The van der Waals surface area contributed by atoms with E-state index in [4.69, 9.17) is 4.74 Å². The SMILES string of the molecule is COc1ccc2[nH]c(=O)c(C(c3nnnn3C3CCCCC3)N3CCc4ccccc43)cc2c1. The smallest absolute Gasteiger partial charge is 0.254 e.